The Kier molecular flexibility index (Phi) is 6.56. The van der Waals surface area contributed by atoms with Gasteiger partial charge in [0, 0.05) is 24.8 Å². The van der Waals surface area contributed by atoms with Crippen molar-refractivity contribution in [2.75, 3.05) is 20.8 Å². The number of benzene rings is 1. The van der Waals surface area contributed by atoms with E-state index in [-0.39, 0.29) is 18.2 Å². The van der Waals surface area contributed by atoms with Gasteiger partial charge in [0.15, 0.2) is 12.3 Å². The summed E-state index contributed by atoms with van der Waals surface area (Å²) in [6.45, 7) is 2.07. The van der Waals surface area contributed by atoms with Crippen LogP contribution in [0.15, 0.2) is 30.3 Å². The van der Waals surface area contributed by atoms with Gasteiger partial charge >= 0.3 is 5.97 Å². The highest BCUT2D eigenvalue weighted by molar-refractivity contribution is 5.89. The van der Waals surface area contributed by atoms with Crippen molar-refractivity contribution in [3.8, 4) is 5.75 Å². The van der Waals surface area contributed by atoms with Crippen LogP contribution < -0.4 is 4.74 Å². The summed E-state index contributed by atoms with van der Waals surface area (Å²) in [7, 11) is 3.23. The SMILES string of the molecule is CCCc1cc(C(=O)OCC(=O)N(C)Cc2ccccc2OC)n[nH]1. The predicted octanol–water partition coefficient (Wildman–Crippen LogP) is 2.19. The second-order valence-corrected chi connectivity index (χ2v) is 5.67. The van der Waals surface area contributed by atoms with Crippen LogP contribution in [0.3, 0.4) is 0 Å². The number of methoxy groups -OCH3 is 1. The molecule has 0 fully saturated rings. The number of amides is 1. The quantitative estimate of drug-likeness (QED) is 0.741. The zero-order valence-electron chi connectivity index (χ0n) is 14.7. The predicted molar refractivity (Wildman–Crippen MR) is 92.3 cm³/mol. The molecule has 0 saturated carbocycles. The molecule has 0 unspecified atom stereocenters. The molecular weight excluding hydrogens is 322 g/mol. The number of aromatic nitrogens is 2. The van der Waals surface area contributed by atoms with Crippen molar-refractivity contribution in [1.29, 1.82) is 0 Å². The molecule has 1 heterocycles. The second kappa shape index (κ2) is 8.86. The molecule has 0 atom stereocenters. The first-order chi connectivity index (χ1) is 12.0. The third-order valence-corrected chi connectivity index (χ3v) is 3.71. The number of aryl methyl sites for hydroxylation is 1. The third-order valence-electron chi connectivity index (χ3n) is 3.71. The van der Waals surface area contributed by atoms with Crippen LogP contribution >= 0.6 is 0 Å². The first-order valence-electron chi connectivity index (χ1n) is 8.12. The summed E-state index contributed by atoms with van der Waals surface area (Å²) in [5, 5.41) is 6.69. The van der Waals surface area contributed by atoms with Crippen LogP contribution in [-0.2, 0) is 22.5 Å². The van der Waals surface area contributed by atoms with Gasteiger partial charge in [-0.1, -0.05) is 31.5 Å². The van der Waals surface area contributed by atoms with E-state index in [1.807, 2.05) is 31.2 Å². The molecule has 25 heavy (non-hydrogen) atoms. The highest BCUT2D eigenvalue weighted by Gasteiger charge is 2.17. The van der Waals surface area contributed by atoms with E-state index in [0.717, 1.165) is 24.1 Å². The van der Waals surface area contributed by atoms with E-state index in [0.29, 0.717) is 12.3 Å². The first kappa shape index (κ1) is 18.5. The Morgan fingerprint density at radius 2 is 2.04 bits per heavy atom. The maximum Gasteiger partial charge on any atom is 0.359 e. The normalized spacial score (nSPS) is 10.4. The number of carbonyl (C=O) groups is 2. The average Bonchev–Trinajstić information content (AvgIpc) is 3.08. The number of carbonyl (C=O) groups excluding carboxylic acids is 2. The maximum atomic E-state index is 12.2. The highest BCUT2D eigenvalue weighted by atomic mass is 16.5. The number of nitrogens with zero attached hydrogens (tertiary/aromatic N) is 2. The van der Waals surface area contributed by atoms with Gasteiger partial charge in [-0.05, 0) is 18.6 Å². The van der Waals surface area contributed by atoms with E-state index in [9.17, 15) is 9.59 Å². The number of hydrogen-bond acceptors (Lipinski definition) is 5. The zero-order valence-corrected chi connectivity index (χ0v) is 14.7. The van der Waals surface area contributed by atoms with E-state index in [1.165, 1.54) is 4.90 Å². The minimum atomic E-state index is -0.613. The molecule has 0 aliphatic carbocycles. The molecule has 134 valence electrons. The number of likely N-dealkylation sites (N-methyl/N-ethyl adjacent to an activating group) is 1. The summed E-state index contributed by atoms with van der Waals surface area (Å²) in [6, 6.07) is 9.10. The fourth-order valence-corrected chi connectivity index (χ4v) is 2.35. The minimum absolute atomic E-state index is 0.184. The fraction of sp³-hybridized carbons (Fsp3) is 0.389. The topological polar surface area (TPSA) is 84.5 Å². The van der Waals surface area contributed by atoms with Crippen LogP contribution in [0.2, 0.25) is 0 Å². The average molecular weight is 345 g/mol. The Labute approximate surface area is 146 Å². The minimum Gasteiger partial charge on any atom is -0.496 e. The van der Waals surface area contributed by atoms with Crippen LogP contribution in [0.25, 0.3) is 0 Å². The van der Waals surface area contributed by atoms with Gasteiger partial charge in [0.2, 0.25) is 0 Å². The van der Waals surface area contributed by atoms with Crippen LogP contribution in [0.5, 0.6) is 5.75 Å². The standard InChI is InChI=1S/C18H23N3O4/c1-4-7-14-10-15(20-19-14)18(23)25-12-17(22)21(2)11-13-8-5-6-9-16(13)24-3/h5-6,8-10H,4,7,11-12H2,1-3H3,(H,19,20). The van der Waals surface area contributed by atoms with Gasteiger partial charge < -0.3 is 14.4 Å². The molecule has 0 aliphatic rings. The molecule has 0 spiro atoms. The number of esters is 1. The Balaban J connectivity index is 1.87. The molecule has 2 rings (SSSR count). The van der Waals surface area contributed by atoms with E-state index in [4.69, 9.17) is 9.47 Å². The van der Waals surface area contributed by atoms with Crippen molar-refractivity contribution in [1.82, 2.24) is 15.1 Å². The largest absolute Gasteiger partial charge is 0.496 e. The van der Waals surface area contributed by atoms with Gasteiger partial charge in [0.25, 0.3) is 5.91 Å². The molecule has 0 bridgehead atoms. The summed E-state index contributed by atoms with van der Waals surface area (Å²) in [6.07, 6.45) is 1.75. The number of nitrogens with one attached hydrogen (secondary N) is 1. The lowest BCUT2D eigenvalue weighted by atomic mass is 10.2. The van der Waals surface area contributed by atoms with Crippen molar-refractivity contribution >= 4 is 11.9 Å². The van der Waals surface area contributed by atoms with Crippen LogP contribution in [-0.4, -0.2) is 47.7 Å². The van der Waals surface area contributed by atoms with Crippen molar-refractivity contribution in [3.05, 3.63) is 47.3 Å². The lowest BCUT2D eigenvalue weighted by Gasteiger charge is -2.18. The Morgan fingerprint density at radius 1 is 1.28 bits per heavy atom. The fourth-order valence-electron chi connectivity index (χ4n) is 2.35. The summed E-state index contributed by atoms with van der Waals surface area (Å²) >= 11 is 0. The summed E-state index contributed by atoms with van der Waals surface area (Å²) in [5.41, 5.74) is 1.93. The molecule has 1 aromatic carbocycles. The van der Waals surface area contributed by atoms with Gasteiger partial charge in [-0.15, -0.1) is 0 Å². The molecule has 0 radical (unpaired) electrons. The molecule has 0 aliphatic heterocycles. The third kappa shape index (κ3) is 5.07. The van der Waals surface area contributed by atoms with Crippen LogP contribution in [0.4, 0.5) is 0 Å². The van der Waals surface area contributed by atoms with Crippen molar-refractivity contribution in [3.63, 3.8) is 0 Å². The van der Waals surface area contributed by atoms with Crippen molar-refractivity contribution in [2.45, 2.75) is 26.3 Å². The Hall–Kier alpha value is -2.83. The molecule has 7 nitrogen and oxygen atoms in total. The number of para-hydroxylation sites is 1. The number of aromatic amines is 1. The summed E-state index contributed by atoms with van der Waals surface area (Å²) < 4.78 is 10.3. The van der Waals surface area contributed by atoms with Gasteiger partial charge in [0.05, 0.1) is 7.11 Å². The van der Waals surface area contributed by atoms with E-state index in [1.54, 1.807) is 20.2 Å². The maximum absolute atomic E-state index is 12.2. The van der Waals surface area contributed by atoms with E-state index >= 15 is 0 Å². The monoisotopic (exact) mass is 345 g/mol. The number of H-pyrrole nitrogens is 1. The van der Waals surface area contributed by atoms with Crippen molar-refractivity contribution < 1.29 is 19.1 Å². The zero-order chi connectivity index (χ0) is 18.2. The molecule has 1 amide bonds. The molecule has 0 saturated heterocycles. The van der Waals surface area contributed by atoms with Gasteiger partial charge in [-0.2, -0.15) is 5.10 Å². The lowest BCUT2D eigenvalue weighted by molar-refractivity contribution is -0.133. The Morgan fingerprint density at radius 3 is 2.76 bits per heavy atom. The summed E-state index contributed by atoms with van der Waals surface area (Å²) in [4.78, 5) is 25.6. The molecule has 1 aromatic heterocycles. The first-order valence-corrected chi connectivity index (χ1v) is 8.12. The highest BCUT2D eigenvalue weighted by Crippen LogP contribution is 2.18. The molecule has 1 N–H and O–H groups in total. The van der Waals surface area contributed by atoms with Crippen LogP contribution in [0, 0.1) is 0 Å². The van der Waals surface area contributed by atoms with E-state index in [2.05, 4.69) is 10.2 Å². The van der Waals surface area contributed by atoms with Crippen LogP contribution in [0.1, 0.15) is 35.1 Å². The smallest absolute Gasteiger partial charge is 0.359 e. The molecule has 7 heteroatoms. The van der Waals surface area contributed by atoms with E-state index < -0.39 is 5.97 Å². The van der Waals surface area contributed by atoms with Gasteiger partial charge in [0.1, 0.15) is 5.75 Å². The van der Waals surface area contributed by atoms with Crippen molar-refractivity contribution in [2.24, 2.45) is 0 Å². The lowest BCUT2D eigenvalue weighted by Crippen LogP contribution is -2.31. The number of ether oxygens (including phenoxy) is 2. The number of rotatable bonds is 8. The molecular formula is C18H23N3O4. The Bertz CT molecular complexity index is 727. The summed E-state index contributed by atoms with van der Waals surface area (Å²) in [5.74, 6) is -0.208. The second-order valence-electron chi connectivity index (χ2n) is 5.67. The number of hydrogen-bond donors (Lipinski definition) is 1. The molecule has 2 aromatic rings. The van der Waals surface area contributed by atoms with Gasteiger partial charge in [-0.25, -0.2) is 4.79 Å². The van der Waals surface area contributed by atoms with Gasteiger partial charge in [-0.3, -0.25) is 9.89 Å².